The van der Waals surface area contributed by atoms with Gasteiger partial charge in [-0.05, 0) is 63.7 Å². The molecule has 0 N–H and O–H groups in total. The van der Waals surface area contributed by atoms with Gasteiger partial charge in [0, 0.05) is 12.5 Å². The van der Waals surface area contributed by atoms with Gasteiger partial charge in [-0.2, -0.15) is 9.61 Å². The van der Waals surface area contributed by atoms with Crippen LogP contribution in [-0.4, -0.2) is 44.3 Å². The summed E-state index contributed by atoms with van der Waals surface area (Å²) in [5.74, 6) is 2.50. The second kappa shape index (κ2) is 6.56. The molecule has 124 valence electrons. The summed E-state index contributed by atoms with van der Waals surface area (Å²) in [5, 5.41) is 13.3. The Morgan fingerprint density at radius 1 is 1.00 bits per heavy atom. The lowest BCUT2D eigenvalue weighted by atomic mass is 9.88. The Morgan fingerprint density at radius 3 is 2.57 bits per heavy atom. The average Bonchev–Trinajstić information content (AvgIpc) is 2.99. The molecule has 1 saturated carbocycles. The van der Waals surface area contributed by atoms with Crippen LogP contribution in [0.4, 0.5) is 0 Å². The standard InChI is InChI=1S/C18H27N5/c1-14-7-8-17-19-20-18(23(17)21-14)16-9-11-22(12-10-16)13-15-5-3-2-4-6-15/h7-8,15-16H,2-6,9-13H2,1H3. The third-order valence-corrected chi connectivity index (χ3v) is 5.61. The number of nitrogens with zero attached hydrogens (tertiary/aromatic N) is 5. The van der Waals surface area contributed by atoms with Gasteiger partial charge in [0.15, 0.2) is 11.5 Å². The van der Waals surface area contributed by atoms with Crippen LogP contribution in [0.2, 0.25) is 0 Å². The highest BCUT2D eigenvalue weighted by molar-refractivity contribution is 5.36. The molecule has 23 heavy (non-hydrogen) atoms. The van der Waals surface area contributed by atoms with E-state index in [9.17, 15) is 0 Å². The van der Waals surface area contributed by atoms with E-state index < -0.39 is 0 Å². The van der Waals surface area contributed by atoms with Crippen molar-refractivity contribution >= 4 is 5.65 Å². The molecule has 5 nitrogen and oxygen atoms in total. The van der Waals surface area contributed by atoms with Gasteiger partial charge in [0.05, 0.1) is 5.69 Å². The molecule has 2 aromatic heterocycles. The molecular weight excluding hydrogens is 286 g/mol. The quantitative estimate of drug-likeness (QED) is 0.873. The lowest BCUT2D eigenvalue weighted by Crippen LogP contribution is -2.37. The summed E-state index contributed by atoms with van der Waals surface area (Å²) in [5.41, 5.74) is 1.89. The van der Waals surface area contributed by atoms with Crippen LogP contribution in [0.5, 0.6) is 0 Å². The Morgan fingerprint density at radius 2 is 1.78 bits per heavy atom. The number of hydrogen-bond donors (Lipinski definition) is 0. The van der Waals surface area contributed by atoms with Crippen LogP contribution >= 0.6 is 0 Å². The molecule has 0 atom stereocenters. The van der Waals surface area contributed by atoms with Crippen molar-refractivity contribution in [2.75, 3.05) is 19.6 Å². The third kappa shape index (κ3) is 3.25. The SMILES string of the molecule is Cc1ccc2nnc(C3CCN(CC4CCCCC4)CC3)n2n1. The van der Waals surface area contributed by atoms with Gasteiger partial charge < -0.3 is 4.90 Å². The molecule has 3 heterocycles. The number of likely N-dealkylation sites (tertiary alicyclic amines) is 1. The highest BCUT2D eigenvalue weighted by Crippen LogP contribution is 2.29. The van der Waals surface area contributed by atoms with Crippen molar-refractivity contribution < 1.29 is 0 Å². The summed E-state index contributed by atoms with van der Waals surface area (Å²) < 4.78 is 1.96. The van der Waals surface area contributed by atoms with Gasteiger partial charge >= 0.3 is 0 Å². The Balaban J connectivity index is 1.39. The van der Waals surface area contributed by atoms with E-state index in [1.165, 1.54) is 64.6 Å². The minimum absolute atomic E-state index is 0.502. The minimum atomic E-state index is 0.502. The predicted molar refractivity (Wildman–Crippen MR) is 90.5 cm³/mol. The molecular formula is C18H27N5. The van der Waals surface area contributed by atoms with Crippen molar-refractivity contribution in [2.45, 2.75) is 57.8 Å². The topological polar surface area (TPSA) is 46.3 Å². The maximum atomic E-state index is 4.60. The number of rotatable bonds is 3. The van der Waals surface area contributed by atoms with Crippen LogP contribution in [0.15, 0.2) is 12.1 Å². The van der Waals surface area contributed by atoms with Crippen molar-refractivity contribution in [3.8, 4) is 0 Å². The monoisotopic (exact) mass is 313 g/mol. The maximum Gasteiger partial charge on any atom is 0.177 e. The summed E-state index contributed by atoms with van der Waals surface area (Å²) in [6.07, 6.45) is 9.59. The van der Waals surface area contributed by atoms with E-state index >= 15 is 0 Å². The lowest BCUT2D eigenvalue weighted by Gasteiger charge is -2.34. The van der Waals surface area contributed by atoms with E-state index in [1.54, 1.807) is 0 Å². The summed E-state index contributed by atoms with van der Waals surface area (Å²) in [6, 6.07) is 4.01. The molecule has 2 aliphatic rings. The van der Waals surface area contributed by atoms with Crippen LogP contribution in [-0.2, 0) is 0 Å². The number of piperidine rings is 1. The molecule has 0 amide bonds. The van der Waals surface area contributed by atoms with Gasteiger partial charge in [-0.1, -0.05) is 19.3 Å². The molecule has 0 aromatic carbocycles. The van der Waals surface area contributed by atoms with E-state index in [4.69, 9.17) is 0 Å². The Labute approximate surface area is 138 Å². The number of aromatic nitrogens is 4. The van der Waals surface area contributed by atoms with Gasteiger partial charge in [0.25, 0.3) is 0 Å². The second-order valence-electron chi connectivity index (χ2n) is 7.38. The Hall–Kier alpha value is -1.49. The number of fused-ring (bicyclic) bond motifs is 1. The molecule has 0 spiro atoms. The van der Waals surface area contributed by atoms with Crippen molar-refractivity contribution in [1.82, 2.24) is 24.7 Å². The van der Waals surface area contributed by atoms with Gasteiger partial charge in [0.1, 0.15) is 0 Å². The molecule has 4 rings (SSSR count). The summed E-state index contributed by atoms with van der Waals surface area (Å²) in [7, 11) is 0. The molecule has 2 fully saturated rings. The van der Waals surface area contributed by atoms with E-state index in [-0.39, 0.29) is 0 Å². The zero-order valence-corrected chi connectivity index (χ0v) is 14.1. The first-order valence-electron chi connectivity index (χ1n) is 9.21. The fourth-order valence-corrected chi connectivity index (χ4v) is 4.26. The predicted octanol–water partition coefficient (Wildman–Crippen LogP) is 3.19. The lowest BCUT2D eigenvalue weighted by molar-refractivity contribution is 0.161. The van der Waals surface area contributed by atoms with E-state index in [0.29, 0.717) is 5.92 Å². The summed E-state index contributed by atoms with van der Waals surface area (Å²) >= 11 is 0. The van der Waals surface area contributed by atoms with Crippen molar-refractivity contribution in [2.24, 2.45) is 5.92 Å². The van der Waals surface area contributed by atoms with Crippen molar-refractivity contribution in [3.05, 3.63) is 23.7 Å². The van der Waals surface area contributed by atoms with Gasteiger partial charge in [-0.15, -0.1) is 10.2 Å². The summed E-state index contributed by atoms with van der Waals surface area (Å²) in [6.45, 7) is 5.73. The van der Waals surface area contributed by atoms with Crippen LogP contribution < -0.4 is 0 Å². The molecule has 5 heteroatoms. The zero-order chi connectivity index (χ0) is 15.6. The summed E-state index contributed by atoms with van der Waals surface area (Å²) in [4.78, 5) is 2.67. The molecule has 1 saturated heterocycles. The van der Waals surface area contributed by atoms with E-state index in [0.717, 1.165) is 23.1 Å². The fourth-order valence-electron chi connectivity index (χ4n) is 4.26. The van der Waals surface area contributed by atoms with Crippen LogP contribution in [0, 0.1) is 12.8 Å². The normalized spacial score (nSPS) is 22.0. The Kier molecular flexibility index (Phi) is 4.29. The second-order valence-corrected chi connectivity index (χ2v) is 7.38. The smallest absolute Gasteiger partial charge is 0.177 e. The first-order valence-corrected chi connectivity index (χ1v) is 9.21. The van der Waals surface area contributed by atoms with Gasteiger partial charge in [0.2, 0.25) is 0 Å². The first kappa shape index (κ1) is 15.1. The zero-order valence-electron chi connectivity index (χ0n) is 14.1. The van der Waals surface area contributed by atoms with Crippen molar-refractivity contribution in [3.63, 3.8) is 0 Å². The number of hydrogen-bond acceptors (Lipinski definition) is 4. The van der Waals surface area contributed by atoms with Gasteiger partial charge in [-0.25, -0.2) is 0 Å². The Bertz CT molecular complexity index is 650. The molecule has 2 aromatic rings. The maximum absolute atomic E-state index is 4.60. The van der Waals surface area contributed by atoms with Crippen LogP contribution in [0.25, 0.3) is 5.65 Å². The molecule has 1 aliphatic heterocycles. The van der Waals surface area contributed by atoms with Crippen molar-refractivity contribution in [1.29, 1.82) is 0 Å². The molecule has 0 radical (unpaired) electrons. The highest BCUT2D eigenvalue weighted by atomic mass is 15.4. The first-order chi connectivity index (χ1) is 11.3. The van der Waals surface area contributed by atoms with Crippen LogP contribution in [0.1, 0.15) is 62.4 Å². The van der Waals surface area contributed by atoms with E-state index in [2.05, 4.69) is 20.2 Å². The van der Waals surface area contributed by atoms with E-state index in [1.807, 2.05) is 23.6 Å². The molecule has 0 unspecified atom stereocenters. The fraction of sp³-hybridized carbons (Fsp3) is 0.722. The largest absolute Gasteiger partial charge is 0.303 e. The minimum Gasteiger partial charge on any atom is -0.303 e. The van der Waals surface area contributed by atoms with Gasteiger partial charge in [-0.3, -0.25) is 0 Å². The average molecular weight is 313 g/mol. The highest BCUT2D eigenvalue weighted by Gasteiger charge is 2.26. The molecule has 1 aliphatic carbocycles. The number of aryl methyl sites for hydroxylation is 1. The van der Waals surface area contributed by atoms with Crippen LogP contribution in [0.3, 0.4) is 0 Å². The molecule has 0 bridgehead atoms. The third-order valence-electron chi connectivity index (χ3n) is 5.61.